The lowest BCUT2D eigenvalue weighted by Crippen LogP contribution is -2.59. The Hall–Kier alpha value is -0.180. The van der Waals surface area contributed by atoms with Crippen molar-refractivity contribution in [2.75, 3.05) is 55.7 Å². The van der Waals surface area contributed by atoms with Gasteiger partial charge in [-0.15, -0.1) is 0 Å². The van der Waals surface area contributed by atoms with Crippen LogP contribution < -0.4 is 0 Å². The van der Waals surface area contributed by atoms with Crippen molar-refractivity contribution in [1.82, 2.24) is 9.80 Å². The van der Waals surface area contributed by atoms with Gasteiger partial charge in [0, 0.05) is 36.7 Å². The molecule has 0 aliphatic carbocycles. The first kappa shape index (κ1) is 21.9. The Kier molecular flexibility index (Phi) is 8.16. The lowest BCUT2D eigenvalue weighted by atomic mass is 9.98. The summed E-state index contributed by atoms with van der Waals surface area (Å²) in [5.41, 5.74) is -0.0160. The van der Waals surface area contributed by atoms with E-state index in [4.69, 9.17) is 0 Å². The Morgan fingerprint density at radius 2 is 1.33 bits per heavy atom. The van der Waals surface area contributed by atoms with Crippen LogP contribution in [0.15, 0.2) is 0 Å². The van der Waals surface area contributed by atoms with Crippen LogP contribution in [0.3, 0.4) is 0 Å². The van der Waals surface area contributed by atoms with Crippen molar-refractivity contribution in [1.29, 1.82) is 0 Å². The van der Waals surface area contributed by atoms with Gasteiger partial charge in [-0.3, -0.25) is 4.90 Å². The lowest BCUT2D eigenvalue weighted by molar-refractivity contribution is 0.0203. The number of rotatable bonds is 10. The van der Waals surface area contributed by atoms with Crippen molar-refractivity contribution in [3.63, 3.8) is 0 Å². The molecule has 0 N–H and O–H groups in total. The largest absolute Gasteiger partial charge is 0.300 e. The summed E-state index contributed by atoms with van der Waals surface area (Å²) in [5, 5.41) is 0. The van der Waals surface area contributed by atoms with Crippen molar-refractivity contribution in [3.8, 4) is 0 Å². The predicted molar refractivity (Wildman–Crippen MR) is 100.0 cm³/mol. The Balaban J connectivity index is 2.41. The molecular weight excluding hydrogens is 348 g/mol. The highest BCUT2D eigenvalue weighted by Gasteiger charge is 2.33. The second kappa shape index (κ2) is 8.96. The summed E-state index contributed by atoms with van der Waals surface area (Å²) in [7, 11) is -5.77. The number of piperazine rings is 1. The lowest BCUT2D eigenvalue weighted by Gasteiger charge is -2.47. The van der Waals surface area contributed by atoms with Crippen molar-refractivity contribution in [3.05, 3.63) is 0 Å². The second-order valence-corrected chi connectivity index (χ2v) is 12.2. The predicted octanol–water partition coefficient (Wildman–Crippen LogP) is 1.03. The average molecular weight is 383 g/mol. The number of nitrogens with zero attached hydrogens (tertiary/aromatic N) is 2. The van der Waals surface area contributed by atoms with Crippen molar-refractivity contribution < 1.29 is 16.8 Å². The van der Waals surface area contributed by atoms with Gasteiger partial charge in [-0.1, -0.05) is 13.8 Å². The van der Waals surface area contributed by atoms with E-state index in [0.29, 0.717) is 12.8 Å². The molecule has 0 aromatic rings. The summed E-state index contributed by atoms with van der Waals surface area (Å²) in [4.78, 5) is 4.68. The van der Waals surface area contributed by atoms with Crippen molar-refractivity contribution in [2.24, 2.45) is 0 Å². The zero-order valence-corrected chi connectivity index (χ0v) is 17.3. The number of hydrogen-bond acceptors (Lipinski definition) is 6. The highest BCUT2D eigenvalue weighted by atomic mass is 32.2. The Morgan fingerprint density at radius 1 is 0.833 bits per heavy atom. The normalized spacial score (nSPS) is 20.3. The van der Waals surface area contributed by atoms with Gasteiger partial charge >= 0.3 is 0 Å². The molecule has 6 nitrogen and oxygen atoms in total. The van der Waals surface area contributed by atoms with Gasteiger partial charge in [-0.25, -0.2) is 16.8 Å². The fourth-order valence-electron chi connectivity index (χ4n) is 3.17. The molecule has 1 rings (SSSR count). The van der Waals surface area contributed by atoms with Crippen LogP contribution in [0.5, 0.6) is 0 Å². The van der Waals surface area contributed by atoms with Crippen LogP contribution in [0.25, 0.3) is 0 Å². The topological polar surface area (TPSA) is 74.8 Å². The molecule has 144 valence electrons. The van der Waals surface area contributed by atoms with E-state index >= 15 is 0 Å². The van der Waals surface area contributed by atoms with E-state index in [1.165, 1.54) is 0 Å². The Labute approximate surface area is 148 Å². The third-order valence-corrected chi connectivity index (χ3v) is 8.43. The van der Waals surface area contributed by atoms with Gasteiger partial charge in [-0.2, -0.15) is 0 Å². The van der Waals surface area contributed by atoms with Gasteiger partial charge in [-0.05, 0) is 39.8 Å². The fraction of sp³-hybridized carbons (Fsp3) is 1.00. The molecule has 8 heteroatoms. The summed E-state index contributed by atoms with van der Waals surface area (Å²) < 4.78 is 46.3. The number of sulfone groups is 2. The maximum Gasteiger partial charge on any atom is 0.150 e. The SMILES string of the molecule is CCS(=O)(=O)CCCN1CCN(CCCS(=O)(=O)CC)C(C)(C)C1. The first-order valence-corrected chi connectivity index (χ1v) is 12.5. The molecule has 0 aromatic heterocycles. The second-order valence-electron chi connectivity index (χ2n) is 7.26. The minimum Gasteiger partial charge on any atom is -0.300 e. The smallest absolute Gasteiger partial charge is 0.150 e. The van der Waals surface area contributed by atoms with E-state index in [1.54, 1.807) is 13.8 Å². The van der Waals surface area contributed by atoms with Gasteiger partial charge in [0.25, 0.3) is 0 Å². The minimum atomic E-state index is -2.89. The molecule has 1 heterocycles. The van der Waals surface area contributed by atoms with E-state index in [-0.39, 0.29) is 28.6 Å². The monoisotopic (exact) mass is 382 g/mol. The minimum absolute atomic E-state index is 0.0160. The summed E-state index contributed by atoms with van der Waals surface area (Å²) in [5.74, 6) is 0.950. The maximum atomic E-state index is 11.6. The molecule has 1 aliphatic rings. The van der Waals surface area contributed by atoms with Crippen molar-refractivity contribution in [2.45, 2.75) is 46.1 Å². The molecule has 0 spiro atoms. The molecule has 1 fully saturated rings. The molecule has 1 saturated heterocycles. The van der Waals surface area contributed by atoms with Crippen LogP contribution >= 0.6 is 0 Å². The van der Waals surface area contributed by atoms with E-state index in [0.717, 1.165) is 32.7 Å². The van der Waals surface area contributed by atoms with E-state index in [1.807, 2.05) is 0 Å². The van der Waals surface area contributed by atoms with Gasteiger partial charge in [0.05, 0.1) is 11.5 Å². The van der Waals surface area contributed by atoms with Gasteiger partial charge in [0.15, 0.2) is 0 Å². The molecule has 0 radical (unpaired) electrons. The van der Waals surface area contributed by atoms with Crippen LogP contribution in [-0.2, 0) is 19.7 Å². The Bertz CT molecular complexity index is 585. The first-order chi connectivity index (χ1) is 11.0. The third kappa shape index (κ3) is 7.37. The van der Waals surface area contributed by atoms with Gasteiger partial charge in [0.1, 0.15) is 19.7 Å². The molecule has 0 unspecified atom stereocenters. The zero-order valence-electron chi connectivity index (χ0n) is 15.6. The zero-order chi connectivity index (χ0) is 18.4. The van der Waals surface area contributed by atoms with Gasteiger partial charge < -0.3 is 4.90 Å². The summed E-state index contributed by atoms with van der Waals surface area (Å²) in [6.07, 6.45) is 1.36. The summed E-state index contributed by atoms with van der Waals surface area (Å²) in [6.45, 7) is 12.0. The quantitative estimate of drug-likeness (QED) is 0.562. The maximum absolute atomic E-state index is 11.6. The molecular formula is C16H34N2O4S2. The molecule has 0 aromatic carbocycles. The molecule has 1 aliphatic heterocycles. The van der Waals surface area contributed by atoms with Crippen LogP contribution in [-0.4, -0.2) is 87.9 Å². The highest BCUT2D eigenvalue weighted by molar-refractivity contribution is 7.91. The van der Waals surface area contributed by atoms with Gasteiger partial charge in [0.2, 0.25) is 0 Å². The molecule has 0 atom stereocenters. The van der Waals surface area contributed by atoms with Crippen molar-refractivity contribution >= 4 is 19.7 Å². The van der Waals surface area contributed by atoms with E-state index in [9.17, 15) is 16.8 Å². The Morgan fingerprint density at radius 3 is 1.79 bits per heavy atom. The van der Waals surface area contributed by atoms with Crippen LogP contribution in [0.1, 0.15) is 40.5 Å². The highest BCUT2D eigenvalue weighted by Crippen LogP contribution is 2.21. The fourth-order valence-corrected chi connectivity index (χ4v) is 4.88. The number of hydrogen-bond donors (Lipinski definition) is 0. The molecule has 0 saturated carbocycles. The summed E-state index contributed by atoms with van der Waals surface area (Å²) >= 11 is 0. The van der Waals surface area contributed by atoms with Crippen LogP contribution in [0.2, 0.25) is 0 Å². The molecule has 24 heavy (non-hydrogen) atoms. The van der Waals surface area contributed by atoms with E-state index in [2.05, 4.69) is 23.6 Å². The molecule has 0 amide bonds. The van der Waals surface area contributed by atoms with Crippen LogP contribution in [0.4, 0.5) is 0 Å². The average Bonchev–Trinajstić information content (AvgIpc) is 2.48. The van der Waals surface area contributed by atoms with E-state index < -0.39 is 19.7 Å². The molecule has 0 bridgehead atoms. The van der Waals surface area contributed by atoms with Crippen LogP contribution in [0, 0.1) is 0 Å². The first-order valence-electron chi connectivity index (χ1n) is 8.89. The standard InChI is InChI=1S/C16H34N2O4S2/c1-5-23(19,20)13-7-9-17-11-12-18(16(3,4)15-17)10-8-14-24(21,22)6-2/h5-15H2,1-4H3. The third-order valence-electron chi connectivity index (χ3n) is 4.85. The summed E-state index contributed by atoms with van der Waals surface area (Å²) in [6, 6.07) is 0.